The molecule has 0 bridgehead atoms. The standard InChI is InChI=1S/C19H19N3O3/c1-13-5-8-18(24-2)17(10-13)22-19(23)16-7-6-14(11-21-16)20-12-15-4-3-9-25-15/h3-11,20H,12H2,1-2H3,(H,22,23). The Morgan fingerprint density at radius 1 is 1.24 bits per heavy atom. The summed E-state index contributed by atoms with van der Waals surface area (Å²) in [5, 5.41) is 6.01. The molecule has 2 aromatic heterocycles. The molecule has 0 aliphatic rings. The maximum atomic E-state index is 12.4. The van der Waals surface area contributed by atoms with E-state index in [9.17, 15) is 4.79 Å². The maximum absolute atomic E-state index is 12.4. The van der Waals surface area contributed by atoms with E-state index in [0.29, 0.717) is 23.7 Å². The molecule has 0 aliphatic heterocycles. The molecule has 2 N–H and O–H groups in total. The molecule has 6 heteroatoms. The number of furan rings is 1. The number of carbonyl (C=O) groups is 1. The minimum Gasteiger partial charge on any atom is -0.495 e. The van der Waals surface area contributed by atoms with E-state index in [1.807, 2.05) is 37.3 Å². The van der Waals surface area contributed by atoms with Crippen molar-refractivity contribution in [2.45, 2.75) is 13.5 Å². The average molecular weight is 337 g/mol. The van der Waals surface area contributed by atoms with E-state index < -0.39 is 0 Å². The summed E-state index contributed by atoms with van der Waals surface area (Å²) in [6, 6.07) is 12.8. The van der Waals surface area contributed by atoms with E-state index >= 15 is 0 Å². The van der Waals surface area contributed by atoms with E-state index in [-0.39, 0.29) is 5.91 Å². The lowest BCUT2D eigenvalue weighted by Crippen LogP contribution is -2.14. The molecule has 0 aliphatic carbocycles. The van der Waals surface area contributed by atoms with Gasteiger partial charge in [0.15, 0.2) is 0 Å². The average Bonchev–Trinajstić information content (AvgIpc) is 3.14. The highest BCUT2D eigenvalue weighted by molar-refractivity contribution is 6.03. The van der Waals surface area contributed by atoms with Crippen LogP contribution >= 0.6 is 0 Å². The van der Waals surface area contributed by atoms with Crippen LogP contribution in [0, 0.1) is 6.92 Å². The minimum absolute atomic E-state index is 0.290. The van der Waals surface area contributed by atoms with Gasteiger partial charge in [-0.15, -0.1) is 0 Å². The molecule has 128 valence electrons. The van der Waals surface area contributed by atoms with Crippen LogP contribution in [0.3, 0.4) is 0 Å². The van der Waals surface area contributed by atoms with Crippen LogP contribution < -0.4 is 15.4 Å². The SMILES string of the molecule is COc1ccc(C)cc1NC(=O)c1ccc(NCc2ccco2)cn1. The highest BCUT2D eigenvalue weighted by Gasteiger charge is 2.11. The smallest absolute Gasteiger partial charge is 0.274 e. The van der Waals surface area contributed by atoms with Gasteiger partial charge >= 0.3 is 0 Å². The van der Waals surface area contributed by atoms with Gasteiger partial charge in [-0.2, -0.15) is 0 Å². The lowest BCUT2D eigenvalue weighted by atomic mass is 10.2. The number of aromatic nitrogens is 1. The Kier molecular flexibility index (Phi) is 4.99. The van der Waals surface area contributed by atoms with Gasteiger partial charge in [0, 0.05) is 0 Å². The highest BCUT2D eigenvalue weighted by Crippen LogP contribution is 2.25. The first-order valence-corrected chi connectivity index (χ1v) is 7.84. The van der Waals surface area contributed by atoms with Crippen LogP contribution in [0.25, 0.3) is 0 Å². The lowest BCUT2D eigenvalue weighted by molar-refractivity contribution is 0.102. The maximum Gasteiger partial charge on any atom is 0.274 e. The number of rotatable bonds is 6. The second kappa shape index (κ2) is 7.53. The first-order chi connectivity index (χ1) is 12.2. The molecule has 1 aromatic carbocycles. The van der Waals surface area contributed by atoms with Gasteiger partial charge in [0.05, 0.1) is 37.5 Å². The van der Waals surface area contributed by atoms with Gasteiger partial charge < -0.3 is 19.8 Å². The van der Waals surface area contributed by atoms with Crippen LogP contribution in [0.2, 0.25) is 0 Å². The number of nitrogens with one attached hydrogen (secondary N) is 2. The first kappa shape index (κ1) is 16.6. The number of hydrogen-bond donors (Lipinski definition) is 2. The summed E-state index contributed by atoms with van der Waals surface area (Å²) in [5.41, 5.74) is 2.78. The number of hydrogen-bond acceptors (Lipinski definition) is 5. The van der Waals surface area contributed by atoms with Gasteiger partial charge in [-0.1, -0.05) is 6.07 Å². The number of benzene rings is 1. The fourth-order valence-electron chi connectivity index (χ4n) is 2.34. The Bertz CT molecular complexity index is 843. The summed E-state index contributed by atoms with van der Waals surface area (Å²) in [6.07, 6.45) is 3.24. The molecular weight excluding hydrogens is 318 g/mol. The van der Waals surface area contributed by atoms with Gasteiger partial charge in [-0.05, 0) is 48.9 Å². The van der Waals surface area contributed by atoms with Crippen molar-refractivity contribution in [1.29, 1.82) is 0 Å². The molecule has 3 rings (SSSR count). The predicted molar refractivity (Wildman–Crippen MR) is 96.0 cm³/mol. The second-order valence-electron chi connectivity index (χ2n) is 5.52. The lowest BCUT2D eigenvalue weighted by Gasteiger charge is -2.11. The largest absolute Gasteiger partial charge is 0.495 e. The number of methoxy groups -OCH3 is 1. The van der Waals surface area contributed by atoms with Crippen molar-refractivity contribution in [2.24, 2.45) is 0 Å². The van der Waals surface area contributed by atoms with Crippen LogP contribution in [-0.2, 0) is 6.54 Å². The van der Waals surface area contributed by atoms with Crippen molar-refractivity contribution in [2.75, 3.05) is 17.7 Å². The van der Waals surface area contributed by atoms with Gasteiger partial charge in [0.25, 0.3) is 5.91 Å². The Balaban J connectivity index is 1.65. The van der Waals surface area contributed by atoms with Gasteiger partial charge in [0.1, 0.15) is 17.2 Å². The Morgan fingerprint density at radius 2 is 2.12 bits per heavy atom. The zero-order valence-electron chi connectivity index (χ0n) is 14.1. The molecule has 1 amide bonds. The summed E-state index contributed by atoms with van der Waals surface area (Å²) in [6.45, 7) is 2.51. The van der Waals surface area contributed by atoms with E-state index in [1.165, 1.54) is 0 Å². The third-order valence-corrected chi connectivity index (χ3v) is 3.65. The number of amides is 1. The molecule has 0 unspecified atom stereocenters. The monoisotopic (exact) mass is 337 g/mol. The van der Waals surface area contributed by atoms with Crippen molar-refractivity contribution in [3.8, 4) is 5.75 Å². The molecule has 3 aromatic rings. The van der Waals surface area contributed by atoms with E-state index in [4.69, 9.17) is 9.15 Å². The van der Waals surface area contributed by atoms with Crippen LogP contribution in [0.1, 0.15) is 21.8 Å². The quantitative estimate of drug-likeness (QED) is 0.714. The number of ether oxygens (including phenoxy) is 1. The number of anilines is 2. The fraction of sp³-hybridized carbons (Fsp3) is 0.158. The Labute approximate surface area is 145 Å². The summed E-state index contributed by atoms with van der Waals surface area (Å²) in [5.74, 6) is 1.14. The zero-order valence-corrected chi connectivity index (χ0v) is 14.1. The van der Waals surface area contributed by atoms with E-state index in [0.717, 1.165) is 17.0 Å². The van der Waals surface area contributed by atoms with Gasteiger partial charge in [-0.25, -0.2) is 4.98 Å². The van der Waals surface area contributed by atoms with Crippen LogP contribution in [0.15, 0.2) is 59.3 Å². The van der Waals surface area contributed by atoms with Crippen molar-refractivity contribution in [3.63, 3.8) is 0 Å². The fourth-order valence-corrected chi connectivity index (χ4v) is 2.34. The molecule has 0 saturated carbocycles. The predicted octanol–water partition coefficient (Wildman–Crippen LogP) is 3.86. The topological polar surface area (TPSA) is 76.4 Å². The van der Waals surface area contributed by atoms with Crippen molar-refractivity contribution in [3.05, 3.63) is 71.9 Å². The Morgan fingerprint density at radius 3 is 2.80 bits per heavy atom. The Hall–Kier alpha value is -3.28. The molecule has 25 heavy (non-hydrogen) atoms. The second-order valence-corrected chi connectivity index (χ2v) is 5.52. The molecule has 0 spiro atoms. The molecule has 0 atom stereocenters. The molecule has 0 radical (unpaired) electrons. The third-order valence-electron chi connectivity index (χ3n) is 3.65. The molecule has 0 saturated heterocycles. The normalized spacial score (nSPS) is 10.3. The molecular formula is C19H19N3O3. The van der Waals surface area contributed by atoms with E-state index in [1.54, 1.807) is 31.7 Å². The van der Waals surface area contributed by atoms with Crippen molar-refractivity contribution >= 4 is 17.3 Å². The summed E-state index contributed by atoms with van der Waals surface area (Å²) < 4.78 is 10.5. The third kappa shape index (κ3) is 4.17. The summed E-state index contributed by atoms with van der Waals surface area (Å²) in [7, 11) is 1.57. The summed E-state index contributed by atoms with van der Waals surface area (Å²) >= 11 is 0. The molecule has 0 fully saturated rings. The zero-order chi connectivity index (χ0) is 17.6. The molecule has 6 nitrogen and oxygen atoms in total. The van der Waals surface area contributed by atoms with Crippen molar-refractivity contribution in [1.82, 2.24) is 4.98 Å². The van der Waals surface area contributed by atoms with Gasteiger partial charge in [-0.3, -0.25) is 4.79 Å². The number of carbonyl (C=O) groups excluding carboxylic acids is 1. The minimum atomic E-state index is -0.290. The number of pyridine rings is 1. The first-order valence-electron chi connectivity index (χ1n) is 7.84. The van der Waals surface area contributed by atoms with Gasteiger partial charge in [0.2, 0.25) is 0 Å². The van der Waals surface area contributed by atoms with Crippen molar-refractivity contribution < 1.29 is 13.9 Å². The van der Waals surface area contributed by atoms with Crippen LogP contribution in [0.4, 0.5) is 11.4 Å². The van der Waals surface area contributed by atoms with Crippen LogP contribution in [-0.4, -0.2) is 18.0 Å². The summed E-state index contributed by atoms with van der Waals surface area (Å²) in [4.78, 5) is 16.6. The highest BCUT2D eigenvalue weighted by atomic mass is 16.5. The van der Waals surface area contributed by atoms with Crippen LogP contribution in [0.5, 0.6) is 5.75 Å². The number of nitrogens with zero attached hydrogens (tertiary/aromatic N) is 1. The van der Waals surface area contributed by atoms with E-state index in [2.05, 4.69) is 15.6 Å². The number of aryl methyl sites for hydroxylation is 1. The molecule has 2 heterocycles.